The third kappa shape index (κ3) is 5.75. The van der Waals surface area contributed by atoms with Gasteiger partial charge < -0.3 is 14.2 Å². The summed E-state index contributed by atoms with van der Waals surface area (Å²) in [4.78, 5) is 0. The van der Waals surface area contributed by atoms with E-state index < -0.39 is 0 Å². The Morgan fingerprint density at radius 3 is 2.44 bits per heavy atom. The van der Waals surface area contributed by atoms with Crippen molar-refractivity contribution in [3.05, 3.63) is 35.1 Å². The van der Waals surface area contributed by atoms with Crippen LogP contribution >= 0.6 is 0 Å². The van der Waals surface area contributed by atoms with E-state index in [0.717, 1.165) is 44.5 Å². The topological polar surface area (TPSA) is 27.7 Å². The van der Waals surface area contributed by atoms with Crippen molar-refractivity contribution in [3.63, 3.8) is 0 Å². The molecule has 2 aliphatic rings. The molecular formula is C23H35FO3. The van der Waals surface area contributed by atoms with Gasteiger partial charge in [0.15, 0.2) is 6.29 Å². The first kappa shape index (κ1) is 20.8. The van der Waals surface area contributed by atoms with Crippen LogP contribution in [0.1, 0.15) is 75.8 Å². The normalized spacial score (nSPS) is 29.0. The number of rotatable bonds is 8. The minimum Gasteiger partial charge on any atom is -0.377 e. The molecule has 1 heterocycles. The third-order valence-electron chi connectivity index (χ3n) is 6.13. The fourth-order valence-electron chi connectivity index (χ4n) is 4.36. The van der Waals surface area contributed by atoms with Crippen LogP contribution in [0.2, 0.25) is 0 Å². The fourth-order valence-corrected chi connectivity index (χ4v) is 4.36. The summed E-state index contributed by atoms with van der Waals surface area (Å²) in [6, 6.07) is 5.68. The zero-order valence-electron chi connectivity index (χ0n) is 16.9. The van der Waals surface area contributed by atoms with Gasteiger partial charge in [-0.25, -0.2) is 4.39 Å². The van der Waals surface area contributed by atoms with E-state index in [1.54, 1.807) is 6.07 Å². The molecule has 0 bridgehead atoms. The summed E-state index contributed by atoms with van der Waals surface area (Å²) in [5.74, 6) is 1.35. The van der Waals surface area contributed by atoms with Crippen molar-refractivity contribution in [3.8, 4) is 0 Å². The highest BCUT2D eigenvalue weighted by atomic mass is 19.1. The molecule has 152 valence electrons. The maximum absolute atomic E-state index is 14.3. The second kappa shape index (κ2) is 10.5. The number of unbranched alkanes of at least 4 members (excludes halogenated alkanes) is 1. The van der Waals surface area contributed by atoms with Crippen molar-refractivity contribution in [2.24, 2.45) is 11.8 Å². The maximum Gasteiger partial charge on any atom is 0.160 e. The van der Waals surface area contributed by atoms with Gasteiger partial charge in [0.1, 0.15) is 5.82 Å². The first-order chi connectivity index (χ1) is 13.2. The number of ether oxygens (including phenoxy) is 3. The van der Waals surface area contributed by atoms with E-state index >= 15 is 0 Å². The van der Waals surface area contributed by atoms with Crippen LogP contribution in [0.5, 0.6) is 0 Å². The van der Waals surface area contributed by atoms with Crippen LogP contribution in [-0.4, -0.2) is 26.1 Å². The van der Waals surface area contributed by atoms with Crippen molar-refractivity contribution < 1.29 is 18.6 Å². The van der Waals surface area contributed by atoms with Crippen LogP contribution in [-0.2, 0) is 20.8 Å². The lowest BCUT2D eigenvalue weighted by Crippen LogP contribution is -2.38. The largest absolute Gasteiger partial charge is 0.377 e. The Morgan fingerprint density at radius 2 is 1.81 bits per heavy atom. The average molecular weight is 379 g/mol. The molecule has 3 rings (SSSR count). The molecule has 1 saturated heterocycles. The van der Waals surface area contributed by atoms with E-state index in [-0.39, 0.29) is 12.1 Å². The van der Waals surface area contributed by atoms with E-state index in [4.69, 9.17) is 14.2 Å². The molecule has 1 aliphatic carbocycles. The standard InChI is InChI=1S/C23H35FO3/c1-3-5-6-17-14-26-23(27-15-17)19-9-7-18(8-10-19)20-11-12-21(16-25-4-2)22(24)13-20/h11-13,17-19,23H,3-10,14-16H2,1-2H3. The Balaban J connectivity index is 1.46. The van der Waals surface area contributed by atoms with Crippen molar-refractivity contribution in [1.29, 1.82) is 0 Å². The first-order valence-corrected chi connectivity index (χ1v) is 10.8. The Morgan fingerprint density at radius 1 is 1.07 bits per heavy atom. The SMILES string of the molecule is CCCCC1COC(C2CCC(c3ccc(COCC)c(F)c3)CC2)OC1. The molecule has 4 heteroatoms. The maximum atomic E-state index is 14.3. The fraction of sp³-hybridized carbons (Fsp3) is 0.739. The molecule has 1 aliphatic heterocycles. The quantitative estimate of drug-likeness (QED) is 0.571. The van der Waals surface area contributed by atoms with E-state index in [1.807, 2.05) is 13.0 Å². The summed E-state index contributed by atoms with van der Waals surface area (Å²) in [6.45, 7) is 6.80. The summed E-state index contributed by atoms with van der Waals surface area (Å²) >= 11 is 0. The van der Waals surface area contributed by atoms with Gasteiger partial charge in [-0.05, 0) is 56.6 Å². The van der Waals surface area contributed by atoms with Gasteiger partial charge in [0.2, 0.25) is 0 Å². The molecule has 1 aromatic rings. The van der Waals surface area contributed by atoms with Gasteiger partial charge in [0, 0.05) is 24.0 Å². The number of halogens is 1. The van der Waals surface area contributed by atoms with Gasteiger partial charge in [0.25, 0.3) is 0 Å². The molecule has 0 aromatic heterocycles. The lowest BCUT2D eigenvalue weighted by molar-refractivity contribution is -0.229. The Hall–Kier alpha value is -0.970. The average Bonchev–Trinajstić information content (AvgIpc) is 2.72. The highest BCUT2D eigenvalue weighted by Crippen LogP contribution is 2.39. The molecule has 27 heavy (non-hydrogen) atoms. The first-order valence-electron chi connectivity index (χ1n) is 10.8. The van der Waals surface area contributed by atoms with Gasteiger partial charge in [-0.1, -0.05) is 31.9 Å². The molecule has 0 amide bonds. The lowest BCUT2D eigenvalue weighted by atomic mass is 9.78. The van der Waals surface area contributed by atoms with Crippen LogP contribution in [0, 0.1) is 17.7 Å². The van der Waals surface area contributed by atoms with Gasteiger partial charge in [-0.2, -0.15) is 0 Å². The van der Waals surface area contributed by atoms with Crippen LogP contribution in [0.4, 0.5) is 4.39 Å². The molecule has 1 aromatic carbocycles. The smallest absolute Gasteiger partial charge is 0.160 e. The van der Waals surface area contributed by atoms with Crippen LogP contribution in [0.15, 0.2) is 18.2 Å². The number of benzene rings is 1. The molecule has 2 fully saturated rings. The van der Waals surface area contributed by atoms with Crippen molar-refractivity contribution in [2.45, 2.75) is 77.6 Å². The monoisotopic (exact) mass is 378 g/mol. The summed E-state index contributed by atoms with van der Waals surface area (Å²) in [5, 5.41) is 0. The second-order valence-electron chi connectivity index (χ2n) is 8.14. The van der Waals surface area contributed by atoms with Gasteiger partial charge >= 0.3 is 0 Å². The molecule has 1 saturated carbocycles. The van der Waals surface area contributed by atoms with Crippen molar-refractivity contribution in [2.75, 3.05) is 19.8 Å². The predicted octanol–water partition coefficient (Wildman–Crippen LogP) is 5.82. The molecule has 0 unspecified atom stereocenters. The number of hydrogen-bond donors (Lipinski definition) is 0. The molecule has 3 nitrogen and oxygen atoms in total. The van der Waals surface area contributed by atoms with Crippen molar-refractivity contribution >= 4 is 0 Å². The van der Waals surface area contributed by atoms with Gasteiger partial charge in [-0.15, -0.1) is 0 Å². The highest BCUT2D eigenvalue weighted by molar-refractivity contribution is 5.27. The second-order valence-corrected chi connectivity index (χ2v) is 8.14. The van der Waals surface area contributed by atoms with E-state index in [1.165, 1.54) is 19.3 Å². The molecule has 0 N–H and O–H groups in total. The van der Waals surface area contributed by atoms with Crippen LogP contribution < -0.4 is 0 Å². The summed E-state index contributed by atoms with van der Waals surface area (Å²) < 4.78 is 31.7. The molecule has 0 atom stereocenters. The van der Waals surface area contributed by atoms with E-state index in [0.29, 0.717) is 36.5 Å². The van der Waals surface area contributed by atoms with Crippen molar-refractivity contribution in [1.82, 2.24) is 0 Å². The molecular weight excluding hydrogens is 343 g/mol. The zero-order chi connectivity index (χ0) is 19.1. The number of hydrogen-bond acceptors (Lipinski definition) is 3. The lowest BCUT2D eigenvalue weighted by Gasteiger charge is -2.37. The molecule has 0 radical (unpaired) electrons. The molecule has 0 spiro atoms. The zero-order valence-corrected chi connectivity index (χ0v) is 16.9. The Kier molecular flexibility index (Phi) is 8.10. The summed E-state index contributed by atoms with van der Waals surface area (Å²) in [7, 11) is 0. The van der Waals surface area contributed by atoms with Crippen LogP contribution in [0.3, 0.4) is 0 Å². The summed E-state index contributed by atoms with van der Waals surface area (Å²) in [6.07, 6.45) is 8.02. The minimum atomic E-state index is -0.139. The minimum absolute atomic E-state index is 0.0332. The van der Waals surface area contributed by atoms with E-state index in [9.17, 15) is 4.39 Å². The van der Waals surface area contributed by atoms with Gasteiger partial charge in [-0.3, -0.25) is 0 Å². The summed E-state index contributed by atoms with van der Waals surface area (Å²) in [5.41, 5.74) is 1.77. The third-order valence-corrected chi connectivity index (χ3v) is 6.13. The van der Waals surface area contributed by atoms with Gasteiger partial charge in [0.05, 0.1) is 19.8 Å². The van der Waals surface area contributed by atoms with Crippen LogP contribution in [0.25, 0.3) is 0 Å². The Bertz CT molecular complexity index is 561. The van der Waals surface area contributed by atoms with E-state index in [2.05, 4.69) is 13.0 Å². The highest BCUT2D eigenvalue weighted by Gasteiger charge is 2.32. The Labute approximate surface area is 163 Å². The predicted molar refractivity (Wildman–Crippen MR) is 105 cm³/mol.